The molecule has 6 nitrogen and oxygen atoms in total. The first-order chi connectivity index (χ1) is 11.1. The fraction of sp³-hybridized carbons (Fsp3) is 0.500. The Morgan fingerprint density at radius 2 is 2.26 bits per heavy atom. The number of aliphatic hydroxyl groups is 1. The molecule has 2 aliphatic heterocycles. The minimum absolute atomic E-state index is 0.0414. The van der Waals surface area contributed by atoms with Crippen LogP contribution in [-0.4, -0.2) is 39.5 Å². The Bertz CT molecular complexity index is 657. The largest absolute Gasteiger partial charge is 0.466 e. The predicted molar refractivity (Wildman–Crippen MR) is 86.1 cm³/mol. The molecule has 0 saturated carbocycles. The van der Waals surface area contributed by atoms with Gasteiger partial charge in [-0.3, -0.25) is 9.69 Å². The molecule has 2 atom stereocenters. The average molecular weight is 333 g/mol. The second-order valence-electron chi connectivity index (χ2n) is 6.36. The Labute approximate surface area is 138 Å². The van der Waals surface area contributed by atoms with Gasteiger partial charge in [0.2, 0.25) is 5.91 Å². The summed E-state index contributed by atoms with van der Waals surface area (Å²) in [5, 5.41) is 16.2. The van der Waals surface area contributed by atoms with E-state index in [4.69, 9.17) is 4.42 Å². The molecule has 2 aromatic rings. The molecule has 4 heterocycles. The molecular weight excluding hydrogens is 314 g/mol. The number of hydrogen-bond donors (Lipinski definition) is 2. The number of nitrogens with one attached hydrogen (secondary N) is 1. The third kappa shape index (κ3) is 2.80. The highest BCUT2D eigenvalue weighted by Gasteiger charge is 2.49. The summed E-state index contributed by atoms with van der Waals surface area (Å²) in [6.07, 6.45) is 6.52. The summed E-state index contributed by atoms with van der Waals surface area (Å²) in [6, 6.07) is 4.07. The summed E-state index contributed by atoms with van der Waals surface area (Å²) >= 11 is 1.41. The first kappa shape index (κ1) is 14.9. The van der Waals surface area contributed by atoms with Crippen LogP contribution in [0.4, 0.5) is 5.13 Å². The number of thiazole rings is 1. The molecule has 7 heteroatoms. The van der Waals surface area contributed by atoms with Crippen LogP contribution in [0.5, 0.6) is 0 Å². The summed E-state index contributed by atoms with van der Waals surface area (Å²) in [7, 11) is 0. The van der Waals surface area contributed by atoms with Crippen LogP contribution < -0.4 is 5.32 Å². The molecule has 0 radical (unpaired) electrons. The monoisotopic (exact) mass is 333 g/mol. The number of furan rings is 1. The van der Waals surface area contributed by atoms with Gasteiger partial charge in [0.05, 0.1) is 12.8 Å². The molecular formula is C16H19N3O3S. The van der Waals surface area contributed by atoms with Crippen LogP contribution in [0, 0.1) is 0 Å². The molecule has 0 spiro atoms. The lowest BCUT2D eigenvalue weighted by Crippen LogP contribution is -2.51. The van der Waals surface area contributed by atoms with Crippen LogP contribution in [0.2, 0.25) is 0 Å². The predicted octanol–water partition coefficient (Wildman–Crippen LogP) is 2.19. The number of fused-ring (bicyclic) bond motifs is 2. The smallest absolute Gasteiger partial charge is 0.240 e. The van der Waals surface area contributed by atoms with Crippen molar-refractivity contribution < 1.29 is 14.3 Å². The Morgan fingerprint density at radius 1 is 1.48 bits per heavy atom. The molecule has 2 aliphatic rings. The minimum Gasteiger partial charge on any atom is -0.466 e. The molecule has 2 fully saturated rings. The van der Waals surface area contributed by atoms with E-state index in [1.54, 1.807) is 12.5 Å². The summed E-state index contributed by atoms with van der Waals surface area (Å²) in [5.41, 5.74) is -0.905. The standard InChI is InChI=1S/C16H19N3O3S/c20-14(18-15-17-5-7-23-15)10-19-11-3-4-12(19)9-16(21,8-11)13-2-1-6-22-13/h1-2,5-7,11-12,21H,3-4,8-10H2,(H,17,18,20)/t11-,12-/m1/s1. The van der Waals surface area contributed by atoms with Crippen molar-refractivity contribution in [2.45, 2.75) is 43.4 Å². The quantitative estimate of drug-likeness (QED) is 0.897. The Morgan fingerprint density at radius 3 is 2.87 bits per heavy atom. The average Bonchev–Trinajstić information content (AvgIpc) is 3.23. The van der Waals surface area contributed by atoms with Crippen molar-refractivity contribution in [2.75, 3.05) is 11.9 Å². The van der Waals surface area contributed by atoms with Gasteiger partial charge in [-0.2, -0.15) is 0 Å². The van der Waals surface area contributed by atoms with E-state index in [-0.39, 0.29) is 18.0 Å². The van der Waals surface area contributed by atoms with Gasteiger partial charge < -0.3 is 14.8 Å². The number of aromatic nitrogens is 1. The molecule has 2 saturated heterocycles. The summed E-state index contributed by atoms with van der Waals surface area (Å²) in [4.78, 5) is 18.5. The van der Waals surface area contributed by atoms with E-state index in [1.165, 1.54) is 11.3 Å². The number of carbonyl (C=O) groups is 1. The Kier molecular flexibility index (Phi) is 3.71. The normalized spacial score (nSPS) is 30.5. The lowest BCUT2D eigenvalue weighted by atomic mass is 9.84. The van der Waals surface area contributed by atoms with E-state index in [9.17, 15) is 9.90 Å². The van der Waals surface area contributed by atoms with Gasteiger partial charge >= 0.3 is 0 Å². The second-order valence-corrected chi connectivity index (χ2v) is 7.25. The zero-order valence-corrected chi connectivity index (χ0v) is 13.5. The first-order valence-corrected chi connectivity index (χ1v) is 8.73. The maximum atomic E-state index is 12.2. The number of nitrogens with zero attached hydrogens (tertiary/aromatic N) is 2. The second kappa shape index (κ2) is 5.74. The van der Waals surface area contributed by atoms with Gasteiger partial charge in [0, 0.05) is 23.7 Å². The van der Waals surface area contributed by atoms with Crippen molar-refractivity contribution in [2.24, 2.45) is 0 Å². The van der Waals surface area contributed by atoms with Gasteiger partial charge in [0.25, 0.3) is 0 Å². The summed E-state index contributed by atoms with van der Waals surface area (Å²) in [5.74, 6) is 0.599. The molecule has 0 aliphatic carbocycles. The maximum Gasteiger partial charge on any atom is 0.240 e. The molecule has 0 aromatic carbocycles. The van der Waals surface area contributed by atoms with Gasteiger partial charge in [-0.25, -0.2) is 4.98 Å². The van der Waals surface area contributed by atoms with Crippen molar-refractivity contribution >= 4 is 22.4 Å². The molecule has 2 N–H and O–H groups in total. The highest BCUT2D eigenvalue weighted by molar-refractivity contribution is 7.13. The fourth-order valence-corrected chi connectivity index (χ4v) is 4.47. The number of carbonyl (C=O) groups excluding carboxylic acids is 1. The van der Waals surface area contributed by atoms with Gasteiger partial charge in [0.1, 0.15) is 11.4 Å². The van der Waals surface area contributed by atoms with Gasteiger partial charge in [-0.05, 0) is 37.8 Å². The van der Waals surface area contributed by atoms with E-state index in [1.807, 2.05) is 17.5 Å². The molecule has 1 amide bonds. The highest BCUT2D eigenvalue weighted by atomic mass is 32.1. The molecule has 4 rings (SSSR count). The third-order valence-corrected chi connectivity index (χ3v) is 5.59. The topological polar surface area (TPSA) is 78.6 Å². The SMILES string of the molecule is O=C(CN1[C@@H]2CC[C@@H]1CC(O)(c1ccco1)C2)Nc1nccs1. The number of rotatable bonds is 4. The van der Waals surface area contributed by atoms with E-state index >= 15 is 0 Å². The maximum absolute atomic E-state index is 12.2. The Balaban J connectivity index is 1.43. The zero-order chi connectivity index (χ0) is 15.9. The van der Waals surface area contributed by atoms with Crippen LogP contribution in [0.1, 0.15) is 31.4 Å². The molecule has 122 valence electrons. The number of hydrogen-bond acceptors (Lipinski definition) is 6. The summed E-state index contributed by atoms with van der Waals surface area (Å²) in [6.45, 7) is 0.350. The van der Waals surface area contributed by atoms with Crippen LogP contribution in [-0.2, 0) is 10.4 Å². The van der Waals surface area contributed by atoms with E-state index in [0.717, 1.165) is 12.8 Å². The van der Waals surface area contributed by atoms with E-state index < -0.39 is 5.60 Å². The van der Waals surface area contributed by atoms with Crippen molar-refractivity contribution in [1.29, 1.82) is 0 Å². The van der Waals surface area contributed by atoms with Crippen LogP contribution >= 0.6 is 11.3 Å². The van der Waals surface area contributed by atoms with Gasteiger partial charge in [0.15, 0.2) is 5.13 Å². The number of piperidine rings is 1. The number of anilines is 1. The van der Waals surface area contributed by atoms with Gasteiger partial charge in [-0.1, -0.05) is 0 Å². The highest BCUT2D eigenvalue weighted by Crippen LogP contribution is 2.45. The first-order valence-electron chi connectivity index (χ1n) is 7.85. The van der Waals surface area contributed by atoms with Crippen molar-refractivity contribution in [3.63, 3.8) is 0 Å². The van der Waals surface area contributed by atoms with E-state index in [2.05, 4.69) is 15.2 Å². The van der Waals surface area contributed by atoms with Crippen molar-refractivity contribution in [1.82, 2.24) is 9.88 Å². The minimum atomic E-state index is -0.905. The van der Waals surface area contributed by atoms with Crippen molar-refractivity contribution in [3.05, 3.63) is 35.7 Å². The van der Waals surface area contributed by atoms with Crippen LogP contribution in [0.3, 0.4) is 0 Å². The molecule has 23 heavy (non-hydrogen) atoms. The lowest BCUT2D eigenvalue weighted by Gasteiger charge is -2.42. The van der Waals surface area contributed by atoms with Crippen LogP contribution in [0.15, 0.2) is 34.4 Å². The molecule has 2 aromatic heterocycles. The zero-order valence-electron chi connectivity index (χ0n) is 12.6. The molecule has 0 unspecified atom stereocenters. The fourth-order valence-electron chi connectivity index (χ4n) is 3.93. The lowest BCUT2D eigenvalue weighted by molar-refractivity contribution is -0.121. The van der Waals surface area contributed by atoms with E-state index in [0.29, 0.717) is 30.3 Å². The van der Waals surface area contributed by atoms with Gasteiger partial charge in [-0.15, -0.1) is 11.3 Å². The number of amides is 1. The van der Waals surface area contributed by atoms with Crippen LogP contribution in [0.25, 0.3) is 0 Å². The molecule has 2 bridgehead atoms. The summed E-state index contributed by atoms with van der Waals surface area (Å²) < 4.78 is 5.43. The van der Waals surface area contributed by atoms with Crippen molar-refractivity contribution in [3.8, 4) is 0 Å². The third-order valence-electron chi connectivity index (χ3n) is 4.90. The Hall–Kier alpha value is -1.70.